The van der Waals surface area contributed by atoms with Gasteiger partial charge in [0.2, 0.25) is 0 Å². The summed E-state index contributed by atoms with van der Waals surface area (Å²) >= 11 is 1.60. The molecule has 0 spiro atoms. The average molecular weight is 1340 g/mol. The summed E-state index contributed by atoms with van der Waals surface area (Å²) < 4.78 is 81.6. The largest absolute Gasteiger partial charge is 0.480 e. The molecule has 0 saturated carbocycles. The Kier molecular flexibility index (Phi) is 26.2. The van der Waals surface area contributed by atoms with E-state index in [0.717, 1.165) is 23.5 Å². The zero-order valence-corrected chi connectivity index (χ0v) is 48.3. The van der Waals surface area contributed by atoms with E-state index in [1.807, 2.05) is 0 Å². The number of aliphatic hydroxyl groups is 19. The SMILES string of the molecule is N[C@H](CSCC1O[C@@H]2O[C@@H]3C(CO)O[C@@H](O[C@@H]4C(CO)O[C@@H](O[C@@H]5C(CSC[C@@H](N)C(=O)O)O[C@@H](O[C@@H]6C(CO)O[C@H](O[C@@H]7C(CO)O[C@@H](O[C@@H]8C(CO)O[C@H](O[C@H]1[C@H](O)C2O)C(O)[C@H]8O)C(O)[C@H]7O)C(O)[C@H]6O)C(O)[C@H]5O)C(O)[C@H]4O)C(O)[C@H]3O)C(=O)O. The molecule has 21 aliphatic rings. The molecule has 25 N–H and O–H groups in total. The minimum Gasteiger partial charge on any atom is -0.480 e. The lowest BCUT2D eigenvalue weighted by atomic mass is 9.95. The number of carbonyl (C=O) groups is 2. The minimum atomic E-state index is -2.27. The minimum absolute atomic E-state index is 0.319. The normalized spacial score (nSPS) is 50.1. The first-order valence-corrected chi connectivity index (χ1v) is 30.4. The number of rotatable bonds is 15. The molecular weight excluding hydrogens is 1260 g/mol. The Bertz CT molecular complexity index is 2200. The van der Waals surface area contributed by atoms with E-state index in [4.69, 9.17) is 77.8 Å². The molecule has 21 saturated heterocycles. The molecule has 0 aliphatic carbocycles. The van der Waals surface area contributed by atoms with Crippen LogP contribution >= 0.6 is 23.5 Å². The van der Waals surface area contributed by atoms with Crippen LogP contribution in [0.4, 0.5) is 0 Å². The highest BCUT2D eigenvalue weighted by atomic mass is 32.2. The zero-order valence-electron chi connectivity index (χ0n) is 46.6. The van der Waals surface area contributed by atoms with E-state index in [-0.39, 0.29) is 11.5 Å². The fraction of sp³-hybridized carbons (Fsp3) is 0.958. The third-order valence-corrected chi connectivity index (χ3v) is 18.5. The Hall–Kier alpha value is -1.76. The van der Waals surface area contributed by atoms with Gasteiger partial charge in [0.05, 0.1) is 45.2 Å². The highest BCUT2D eigenvalue weighted by Gasteiger charge is 2.60. The number of nitrogens with two attached hydrogens (primary N) is 2. The Balaban J connectivity index is 1.11. The van der Waals surface area contributed by atoms with Crippen LogP contribution in [0, 0.1) is 0 Å². The lowest BCUT2D eigenvalue weighted by Crippen LogP contribution is -2.68. The number of ether oxygens (including phenoxy) is 14. The lowest BCUT2D eigenvalue weighted by molar-refractivity contribution is -0.395. The second-order valence-electron chi connectivity index (χ2n) is 22.3. The van der Waals surface area contributed by atoms with Gasteiger partial charge in [-0.15, -0.1) is 0 Å². The van der Waals surface area contributed by atoms with E-state index in [1.54, 1.807) is 0 Å². The summed E-state index contributed by atoms with van der Waals surface area (Å²) in [6.45, 7) is -5.43. The van der Waals surface area contributed by atoms with E-state index in [1.165, 1.54) is 0 Å². The van der Waals surface area contributed by atoms with Crippen molar-refractivity contribution in [1.82, 2.24) is 0 Å². The van der Waals surface area contributed by atoms with Gasteiger partial charge in [-0.3, -0.25) is 9.59 Å². The third-order valence-electron chi connectivity index (χ3n) is 16.2. The molecule has 21 heterocycles. The second-order valence-corrected chi connectivity index (χ2v) is 24.4. The predicted molar refractivity (Wildman–Crippen MR) is 280 cm³/mol. The van der Waals surface area contributed by atoms with Gasteiger partial charge in [-0.1, -0.05) is 0 Å². The molecule has 21 fully saturated rings. The maximum atomic E-state index is 11.7. The Morgan fingerprint density at radius 2 is 0.438 bits per heavy atom. The molecule has 0 aromatic rings. The van der Waals surface area contributed by atoms with Crippen molar-refractivity contribution in [2.75, 3.05) is 56.0 Å². The van der Waals surface area contributed by atoms with E-state index >= 15 is 0 Å². The van der Waals surface area contributed by atoms with Crippen LogP contribution in [0.3, 0.4) is 0 Å². The van der Waals surface area contributed by atoms with Crippen LogP contribution in [0.2, 0.25) is 0 Å². The standard InChI is InChI=1S/C48H80N2O37S2/c49-10(40(70)71)6-88-8-17-38-25(62)32(69)48(80-17)85-37-16(5-55)76-44(28(65)21(37)58)83-35-14(3-53)78-46(30(67)23(35)60)87-39-18(9-89-7-11(50)41(72)73)79-47(31(68)24(39)61)84-36-15(4-54)75-43(27(64)20(36)57)81-33-12(1-51)74-42(26(63)19(33)56)82-34-13(2-52)77-45(86-38)29(66)22(34)59/h10-39,42-48,51-69H,1-9,49-50H2,(H,70,71)(H,72,73)/t10-,11-,12?,13?,14?,15?,16?,17?,18?,19-,20-,21-,22-,23-,24-,25-,26?,27?,28?,29?,30?,31?,32?,33-,34-,35-,36-,37-,38-,39-,42+,43-,44+,45-,46+,47+,48-/m1/s1. The van der Waals surface area contributed by atoms with Crippen molar-refractivity contribution in [2.24, 2.45) is 11.5 Å². The summed E-state index contributed by atoms with van der Waals surface area (Å²) in [5.41, 5.74) is 11.4. The summed E-state index contributed by atoms with van der Waals surface area (Å²) in [4.78, 5) is 23.2. The highest BCUT2D eigenvalue weighted by Crippen LogP contribution is 2.40. The van der Waals surface area contributed by atoms with E-state index in [0.29, 0.717) is 0 Å². The molecule has 37 atom stereocenters. The lowest BCUT2D eigenvalue weighted by Gasteiger charge is -2.50. The molecule has 89 heavy (non-hydrogen) atoms. The van der Waals surface area contributed by atoms with Crippen molar-refractivity contribution in [2.45, 2.75) is 227 Å². The molecule has 41 heteroatoms. The molecule has 39 nitrogen and oxygen atoms in total. The Morgan fingerprint density at radius 1 is 0.281 bits per heavy atom. The van der Waals surface area contributed by atoms with Gasteiger partial charge in [0.1, 0.15) is 171 Å². The first kappa shape index (κ1) is 73.1. The van der Waals surface area contributed by atoms with Crippen molar-refractivity contribution < 1.29 is 183 Å². The van der Waals surface area contributed by atoms with E-state index < -0.39 is 284 Å². The molecule has 516 valence electrons. The van der Waals surface area contributed by atoms with Crippen LogP contribution < -0.4 is 11.5 Å². The van der Waals surface area contributed by atoms with Crippen molar-refractivity contribution in [3.63, 3.8) is 0 Å². The number of carboxylic acids is 2. The van der Waals surface area contributed by atoms with Crippen LogP contribution in [0.25, 0.3) is 0 Å². The Labute approximate surface area is 511 Å². The smallest absolute Gasteiger partial charge is 0.321 e. The Morgan fingerprint density at radius 3 is 0.596 bits per heavy atom. The van der Waals surface area contributed by atoms with Crippen LogP contribution in [-0.4, -0.2) is 402 Å². The van der Waals surface area contributed by atoms with Gasteiger partial charge >= 0.3 is 11.9 Å². The van der Waals surface area contributed by atoms with Crippen molar-refractivity contribution in [3.8, 4) is 0 Å². The van der Waals surface area contributed by atoms with Crippen LogP contribution in [0.5, 0.6) is 0 Å². The van der Waals surface area contributed by atoms with Gasteiger partial charge in [-0.2, -0.15) is 23.5 Å². The molecule has 0 amide bonds. The first-order chi connectivity index (χ1) is 42.2. The van der Waals surface area contributed by atoms with Gasteiger partial charge in [-0.05, 0) is 0 Å². The van der Waals surface area contributed by atoms with Crippen molar-refractivity contribution >= 4 is 35.5 Å². The number of hydrogen-bond acceptors (Lipinski definition) is 39. The first-order valence-electron chi connectivity index (χ1n) is 28.1. The third kappa shape index (κ3) is 15.9. The molecule has 14 unspecified atom stereocenters. The number of aliphatic carboxylic acids is 2. The van der Waals surface area contributed by atoms with Gasteiger partial charge in [0, 0.05) is 23.0 Å². The van der Waals surface area contributed by atoms with Crippen LogP contribution in [-0.2, 0) is 75.9 Å². The molecule has 0 radical (unpaired) electrons. The summed E-state index contributed by atoms with van der Waals surface area (Å²) in [7, 11) is 0. The quantitative estimate of drug-likeness (QED) is 0.0724. The second kappa shape index (κ2) is 31.9. The number of hydrogen-bond donors (Lipinski definition) is 23. The van der Waals surface area contributed by atoms with Crippen molar-refractivity contribution in [3.05, 3.63) is 0 Å². The van der Waals surface area contributed by atoms with E-state index in [9.17, 15) is 117 Å². The summed E-state index contributed by atoms with van der Waals surface area (Å²) in [6, 6.07) is -2.94. The van der Waals surface area contributed by atoms with Crippen molar-refractivity contribution in [1.29, 1.82) is 0 Å². The molecule has 21 aliphatic heterocycles. The predicted octanol–water partition coefficient (Wildman–Crippen LogP) is -14.9. The molecular formula is C48H80N2O37S2. The zero-order chi connectivity index (χ0) is 65.2. The highest BCUT2D eigenvalue weighted by molar-refractivity contribution is 7.99. The van der Waals surface area contributed by atoms with Gasteiger partial charge in [0.25, 0.3) is 0 Å². The topological polar surface area (TPSA) is 640 Å². The van der Waals surface area contributed by atoms with Crippen LogP contribution in [0.15, 0.2) is 0 Å². The molecule has 0 aromatic carbocycles. The van der Waals surface area contributed by atoms with Crippen LogP contribution in [0.1, 0.15) is 0 Å². The van der Waals surface area contributed by atoms with Gasteiger partial charge in [0.15, 0.2) is 44.0 Å². The fourth-order valence-electron chi connectivity index (χ4n) is 11.2. The maximum absolute atomic E-state index is 11.7. The summed E-state index contributed by atoms with van der Waals surface area (Å²) in [5, 5.41) is 233. The summed E-state index contributed by atoms with van der Waals surface area (Å²) in [6.07, 6.45) is -71.4. The van der Waals surface area contributed by atoms with Gasteiger partial charge < -0.3 is 185 Å². The monoisotopic (exact) mass is 1340 g/mol. The number of thioether (sulfide) groups is 2. The summed E-state index contributed by atoms with van der Waals surface area (Å²) in [5.74, 6) is -4.26. The average Bonchev–Trinajstić information content (AvgIpc) is 0.983. The molecule has 21 rings (SSSR count). The van der Waals surface area contributed by atoms with E-state index in [2.05, 4.69) is 0 Å². The molecule has 0 aromatic heterocycles. The number of carboxylic acid groups (broad SMARTS) is 2. The maximum Gasteiger partial charge on any atom is 0.321 e. The van der Waals surface area contributed by atoms with Gasteiger partial charge in [-0.25, -0.2) is 0 Å². The number of aliphatic hydroxyl groups excluding tert-OH is 19. The fourth-order valence-corrected chi connectivity index (χ4v) is 13.2. The molecule has 14 bridgehead atoms.